The predicted molar refractivity (Wildman–Crippen MR) is 78.7 cm³/mol. The van der Waals surface area contributed by atoms with Crippen LogP contribution in [0.15, 0.2) is 17.6 Å². The van der Waals surface area contributed by atoms with Gasteiger partial charge in [-0.05, 0) is 25.5 Å². The van der Waals surface area contributed by atoms with Gasteiger partial charge in [-0.1, -0.05) is 0 Å². The summed E-state index contributed by atoms with van der Waals surface area (Å²) in [6.07, 6.45) is 4.31. The van der Waals surface area contributed by atoms with Crippen molar-refractivity contribution in [2.45, 2.75) is 31.9 Å². The van der Waals surface area contributed by atoms with Crippen LogP contribution < -0.4 is 0 Å². The van der Waals surface area contributed by atoms with E-state index in [4.69, 9.17) is 4.74 Å². The maximum absolute atomic E-state index is 5.12. The first-order valence-corrected chi connectivity index (χ1v) is 7.87. The molecule has 1 N–H and O–H groups in total. The molecule has 3 heterocycles. The Kier molecular flexibility index (Phi) is 4.44. The van der Waals surface area contributed by atoms with Crippen LogP contribution in [-0.2, 0) is 17.9 Å². The summed E-state index contributed by atoms with van der Waals surface area (Å²) in [5.41, 5.74) is 2.42. The van der Waals surface area contributed by atoms with Crippen LogP contribution >= 0.6 is 11.3 Å². The number of methoxy groups -OCH3 is 1. The molecule has 1 saturated heterocycles. The Hall–Kier alpha value is -1.24. The number of likely N-dealkylation sites (tertiary alicyclic amines) is 1. The number of rotatable bonds is 5. The summed E-state index contributed by atoms with van der Waals surface area (Å²) in [7, 11) is 1.71. The van der Waals surface area contributed by atoms with E-state index in [1.165, 1.54) is 18.5 Å². The molecule has 0 radical (unpaired) electrons. The summed E-state index contributed by atoms with van der Waals surface area (Å²) in [5.74, 6) is 0.573. The summed E-state index contributed by atoms with van der Waals surface area (Å²) < 4.78 is 5.12. The molecule has 0 bridgehead atoms. The molecule has 0 spiro atoms. The number of aromatic amines is 1. The van der Waals surface area contributed by atoms with Crippen LogP contribution in [0.5, 0.6) is 0 Å². The van der Waals surface area contributed by atoms with Gasteiger partial charge >= 0.3 is 0 Å². The van der Waals surface area contributed by atoms with Crippen molar-refractivity contribution >= 4 is 11.3 Å². The van der Waals surface area contributed by atoms with Crippen LogP contribution in [0.1, 0.15) is 35.2 Å². The molecule has 3 rings (SSSR count). The Bertz CT molecular complexity index is 525. The van der Waals surface area contributed by atoms with E-state index in [1.807, 2.05) is 6.20 Å². The van der Waals surface area contributed by atoms with Gasteiger partial charge in [0.1, 0.15) is 5.01 Å². The second-order valence-corrected chi connectivity index (χ2v) is 6.19. The average Bonchev–Trinajstić information content (AvgIpc) is 3.11. The monoisotopic (exact) mass is 292 g/mol. The van der Waals surface area contributed by atoms with Crippen molar-refractivity contribution < 1.29 is 4.74 Å². The third-order valence-corrected chi connectivity index (χ3v) is 4.59. The SMILES string of the molecule is COCc1nc(CN2CCC[C@H](c3ccn[nH]3)C2)cs1. The fourth-order valence-electron chi connectivity index (χ4n) is 2.79. The number of H-pyrrole nitrogens is 1. The Balaban J connectivity index is 1.59. The molecule has 0 unspecified atom stereocenters. The fourth-order valence-corrected chi connectivity index (χ4v) is 3.54. The first kappa shape index (κ1) is 13.7. The van der Waals surface area contributed by atoms with Gasteiger partial charge in [0.15, 0.2) is 0 Å². The lowest BCUT2D eigenvalue weighted by Crippen LogP contribution is -2.34. The molecule has 1 aliphatic heterocycles. The maximum Gasteiger partial charge on any atom is 0.119 e. The smallest absolute Gasteiger partial charge is 0.119 e. The largest absolute Gasteiger partial charge is 0.378 e. The van der Waals surface area contributed by atoms with Crippen molar-refractivity contribution in [3.8, 4) is 0 Å². The van der Waals surface area contributed by atoms with E-state index < -0.39 is 0 Å². The molecule has 2 aromatic rings. The quantitative estimate of drug-likeness (QED) is 0.919. The molecule has 6 heteroatoms. The van der Waals surface area contributed by atoms with Gasteiger partial charge in [0.2, 0.25) is 0 Å². The minimum Gasteiger partial charge on any atom is -0.378 e. The molecule has 1 atom stereocenters. The number of ether oxygens (including phenoxy) is 1. The number of nitrogens with zero attached hydrogens (tertiary/aromatic N) is 3. The highest BCUT2D eigenvalue weighted by Crippen LogP contribution is 2.26. The molecule has 108 valence electrons. The highest BCUT2D eigenvalue weighted by Gasteiger charge is 2.22. The summed E-state index contributed by atoms with van der Waals surface area (Å²) in [5, 5.41) is 10.4. The number of piperidine rings is 1. The standard InChI is InChI=1S/C14H20N4OS/c1-19-9-14-16-12(10-20-14)8-18-6-2-3-11(7-18)13-4-5-15-17-13/h4-5,10-11H,2-3,6-9H2,1H3,(H,15,17)/t11-/m0/s1. The average molecular weight is 292 g/mol. The zero-order valence-electron chi connectivity index (χ0n) is 11.7. The third kappa shape index (κ3) is 3.26. The lowest BCUT2D eigenvalue weighted by Gasteiger charge is -2.31. The minimum atomic E-state index is 0.573. The lowest BCUT2D eigenvalue weighted by atomic mass is 9.95. The molecule has 20 heavy (non-hydrogen) atoms. The molecule has 0 amide bonds. The molecule has 1 fully saturated rings. The summed E-state index contributed by atoms with van der Waals surface area (Å²) in [6.45, 7) is 3.79. The number of hydrogen-bond acceptors (Lipinski definition) is 5. The molecule has 0 aliphatic carbocycles. The van der Waals surface area contributed by atoms with Gasteiger partial charge in [0.25, 0.3) is 0 Å². The summed E-state index contributed by atoms with van der Waals surface area (Å²) in [6, 6.07) is 2.09. The topological polar surface area (TPSA) is 54.0 Å². The van der Waals surface area contributed by atoms with Gasteiger partial charge in [-0.3, -0.25) is 10.00 Å². The summed E-state index contributed by atoms with van der Waals surface area (Å²) >= 11 is 1.68. The van der Waals surface area contributed by atoms with Crippen molar-refractivity contribution in [2.24, 2.45) is 0 Å². The van der Waals surface area contributed by atoms with Gasteiger partial charge in [-0.2, -0.15) is 5.10 Å². The summed E-state index contributed by atoms with van der Waals surface area (Å²) in [4.78, 5) is 7.10. The van der Waals surface area contributed by atoms with Crippen molar-refractivity contribution in [1.29, 1.82) is 0 Å². The van der Waals surface area contributed by atoms with Gasteiger partial charge in [-0.15, -0.1) is 11.3 Å². The number of hydrogen-bond donors (Lipinski definition) is 1. The van der Waals surface area contributed by atoms with Crippen LogP contribution in [0.2, 0.25) is 0 Å². The third-order valence-electron chi connectivity index (χ3n) is 3.72. The van der Waals surface area contributed by atoms with E-state index in [1.54, 1.807) is 18.4 Å². The Morgan fingerprint density at radius 1 is 1.55 bits per heavy atom. The molecule has 1 aliphatic rings. The van der Waals surface area contributed by atoms with Crippen LogP contribution in [0, 0.1) is 0 Å². The van der Waals surface area contributed by atoms with Crippen LogP contribution in [0.4, 0.5) is 0 Å². The first-order chi connectivity index (χ1) is 9.85. The van der Waals surface area contributed by atoms with Gasteiger partial charge in [0.05, 0.1) is 12.3 Å². The predicted octanol–water partition coefficient (Wildman–Crippen LogP) is 2.39. The van der Waals surface area contributed by atoms with Crippen molar-refractivity contribution in [3.63, 3.8) is 0 Å². The van der Waals surface area contributed by atoms with Crippen LogP contribution in [0.25, 0.3) is 0 Å². The van der Waals surface area contributed by atoms with E-state index in [0.29, 0.717) is 12.5 Å². The Labute approximate surface area is 123 Å². The molecule has 0 saturated carbocycles. The van der Waals surface area contributed by atoms with Gasteiger partial charge in [0, 0.05) is 43.4 Å². The minimum absolute atomic E-state index is 0.573. The molecule has 2 aromatic heterocycles. The van der Waals surface area contributed by atoms with E-state index >= 15 is 0 Å². The van der Waals surface area contributed by atoms with Gasteiger partial charge < -0.3 is 4.74 Å². The maximum atomic E-state index is 5.12. The number of aromatic nitrogens is 3. The number of thiazole rings is 1. The van der Waals surface area contributed by atoms with E-state index in [-0.39, 0.29) is 0 Å². The van der Waals surface area contributed by atoms with E-state index in [2.05, 4.69) is 31.5 Å². The van der Waals surface area contributed by atoms with Crippen LogP contribution in [0.3, 0.4) is 0 Å². The second-order valence-electron chi connectivity index (χ2n) is 5.25. The number of nitrogens with one attached hydrogen (secondary N) is 1. The Morgan fingerprint density at radius 2 is 2.50 bits per heavy atom. The van der Waals surface area contributed by atoms with Crippen molar-refractivity contribution in [2.75, 3.05) is 20.2 Å². The second kappa shape index (κ2) is 6.47. The molecular weight excluding hydrogens is 272 g/mol. The highest BCUT2D eigenvalue weighted by atomic mass is 32.1. The molecule has 5 nitrogen and oxygen atoms in total. The normalized spacial score (nSPS) is 20.4. The highest BCUT2D eigenvalue weighted by molar-refractivity contribution is 7.09. The van der Waals surface area contributed by atoms with Crippen molar-refractivity contribution in [3.05, 3.63) is 34.0 Å². The molecular formula is C14H20N4OS. The van der Waals surface area contributed by atoms with E-state index in [9.17, 15) is 0 Å². The zero-order valence-corrected chi connectivity index (χ0v) is 12.5. The fraction of sp³-hybridized carbons (Fsp3) is 0.571. The van der Waals surface area contributed by atoms with Crippen LogP contribution in [-0.4, -0.2) is 40.3 Å². The lowest BCUT2D eigenvalue weighted by molar-refractivity contribution is 0.182. The van der Waals surface area contributed by atoms with E-state index in [0.717, 1.165) is 30.3 Å². The van der Waals surface area contributed by atoms with Crippen molar-refractivity contribution in [1.82, 2.24) is 20.1 Å². The molecule has 0 aromatic carbocycles. The Morgan fingerprint density at radius 3 is 3.30 bits per heavy atom. The zero-order chi connectivity index (χ0) is 13.8. The van der Waals surface area contributed by atoms with Gasteiger partial charge in [-0.25, -0.2) is 4.98 Å². The first-order valence-electron chi connectivity index (χ1n) is 6.99.